The fourth-order valence-corrected chi connectivity index (χ4v) is 2.79. The zero-order valence-electron chi connectivity index (χ0n) is 12.6. The number of nitrogens with zero attached hydrogens (tertiary/aromatic N) is 1. The van der Waals surface area contributed by atoms with Crippen LogP contribution >= 0.6 is 0 Å². The standard InChI is InChI=1S/C17H23N3O/c1-17(9-3-2-4-10-17)13-20-16(21)15-14(7-5-11-18)8-6-12-19-15/h6,8,12H,2-4,9-11,13,18H2,1H3,(H,20,21). The molecule has 0 aliphatic heterocycles. The average Bonchev–Trinajstić information content (AvgIpc) is 2.52. The number of pyridine rings is 1. The fourth-order valence-electron chi connectivity index (χ4n) is 2.79. The zero-order valence-corrected chi connectivity index (χ0v) is 12.6. The van der Waals surface area contributed by atoms with E-state index in [1.54, 1.807) is 18.3 Å². The van der Waals surface area contributed by atoms with Crippen LogP contribution in [-0.4, -0.2) is 24.0 Å². The minimum atomic E-state index is -0.149. The lowest BCUT2D eigenvalue weighted by Crippen LogP contribution is -2.37. The van der Waals surface area contributed by atoms with Crippen LogP contribution in [0.5, 0.6) is 0 Å². The number of aromatic nitrogens is 1. The molecular weight excluding hydrogens is 262 g/mol. The maximum absolute atomic E-state index is 12.3. The van der Waals surface area contributed by atoms with E-state index in [1.807, 2.05) is 0 Å². The summed E-state index contributed by atoms with van der Waals surface area (Å²) >= 11 is 0. The summed E-state index contributed by atoms with van der Waals surface area (Å²) in [4.78, 5) is 16.5. The number of carbonyl (C=O) groups is 1. The van der Waals surface area contributed by atoms with Crippen LogP contribution in [0.25, 0.3) is 0 Å². The van der Waals surface area contributed by atoms with Crippen LogP contribution < -0.4 is 11.1 Å². The van der Waals surface area contributed by atoms with Gasteiger partial charge in [0.05, 0.1) is 12.1 Å². The normalized spacial score (nSPS) is 16.7. The van der Waals surface area contributed by atoms with Crippen molar-refractivity contribution < 1.29 is 4.79 Å². The van der Waals surface area contributed by atoms with Gasteiger partial charge in [-0.2, -0.15) is 0 Å². The summed E-state index contributed by atoms with van der Waals surface area (Å²) < 4.78 is 0. The Morgan fingerprint density at radius 2 is 2.19 bits per heavy atom. The van der Waals surface area contributed by atoms with Crippen LogP contribution in [0.1, 0.15) is 55.1 Å². The molecule has 0 unspecified atom stereocenters. The summed E-state index contributed by atoms with van der Waals surface area (Å²) in [6.07, 6.45) is 7.78. The average molecular weight is 285 g/mol. The third-order valence-electron chi connectivity index (χ3n) is 4.08. The van der Waals surface area contributed by atoms with Gasteiger partial charge in [-0.25, -0.2) is 4.98 Å². The number of nitrogens with two attached hydrogens (primary N) is 1. The van der Waals surface area contributed by atoms with E-state index in [1.165, 1.54) is 32.1 Å². The topological polar surface area (TPSA) is 68.0 Å². The first-order valence-electron chi connectivity index (χ1n) is 7.57. The summed E-state index contributed by atoms with van der Waals surface area (Å²) in [5.74, 6) is 5.52. The molecule has 0 aromatic carbocycles. The molecule has 1 aliphatic carbocycles. The maximum Gasteiger partial charge on any atom is 0.271 e. The van der Waals surface area contributed by atoms with E-state index in [-0.39, 0.29) is 17.9 Å². The number of hydrogen-bond acceptors (Lipinski definition) is 3. The highest BCUT2D eigenvalue weighted by Crippen LogP contribution is 2.34. The lowest BCUT2D eigenvalue weighted by atomic mass is 9.76. The van der Waals surface area contributed by atoms with E-state index in [9.17, 15) is 4.79 Å². The molecule has 1 saturated carbocycles. The molecule has 4 nitrogen and oxygen atoms in total. The van der Waals surface area contributed by atoms with Gasteiger partial charge in [0.25, 0.3) is 5.91 Å². The van der Waals surface area contributed by atoms with Crippen LogP contribution in [0.15, 0.2) is 18.3 Å². The number of rotatable bonds is 3. The van der Waals surface area contributed by atoms with E-state index < -0.39 is 0 Å². The van der Waals surface area contributed by atoms with Gasteiger partial charge in [0.2, 0.25) is 0 Å². The second-order valence-corrected chi connectivity index (χ2v) is 5.96. The Morgan fingerprint density at radius 1 is 1.43 bits per heavy atom. The minimum absolute atomic E-state index is 0.149. The molecule has 112 valence electrons. The molecule has 1 fully saturated rings. The fraction of sp³-hybridized carbons (Fsp3) is 0.529. The lowest BCUT2D eigenvalue weighted by molar-refractivity contribution is 0.0914. The molecule has 1 heterocycles. The molecule has 2 rings (SSSR count). The van der Waals surface area contributed by atoms with Crippen molar-refractivity contribution in [3.63, 3.8) is 0 Å². The van der Waals surface area contributed by atoms with Crippen molar-refractivity contribution in [1.29, 1.82) is 0 Å². The van der Waals surface area contributed by atoms with Gasteiger partial charge in [0.15, 0.2) is 0 Å². The Labute approximate surface area is 126 Å². The Kier molecular flexibility index (Phi) is 5.35. The van der Waals surface area contributed by atoms with Crippen LogP contribution in [-0.2, 0) is 0 Å². The van der Waals surface area contributed by atoms with Crippen molar-refractivity contribution in [2.75, 3.05) is 13.1 Å². The van der Waals surface area contributed by atoms with Crippen LogP contribution in [0.2, 0.25) is 0 Å². The molecule has 0 atom stereocenters. The van der Waals surface area contributed by atoms with Crippen molar-refractivity contribution >= 4 is 5.91 Å². The molecule has 1 amide bonds. The Hall–Kier alpha value is -1.86. The smallest absolute Gasteiger partial charge is 0.271 e. The molecule has 4 heteroatoms. The third-order valence-corrected chi connectivity index (χ3v) is 4.08. The van der Waals surface area contributed by atoms with Crippen molar-refractivity contribution in [3.05, 3.63) is 29.6 Å². The van der Waals surface area contributed by atoms with E-state index in [4.69, 9.17) is 5.73 Å². The van der Waals surface area contributed by atoms with Crippen molar-refractivity contribution in [1.82, 2.24) is 10.3 Å². The lowest BCUT2D eigenvalue weighted by Gasteiger charge is -2.33. The SMILES string of the molecule is CC1(CNC(=O)c2ncccc2C#CCN)CCCCC1. The Bertz CT molecular complexity index is 551. The van der Waals surface area contributed by atoms with Gasteiger partial charge < -0.3 is 11.1 Å². The Balaban J connectivity index is 2.03. The summed E-state index contributed by atoms with van der Waals surface area (Å²) in [5, 5.41) is 3.03. The van der Waals surface area contributed by atoms with E-state index >= 15 is 0 Å². The molecule has 1 aromatic rings. The van der Waals surface area contributed by atoms with Crippen molar-refractivity contribution in [2.45, 2.75) is 39.0 Å². The largest absolute Gasteiger partial charge is 0.350 e. The van der Waals surface area contributed by atoms with Gasteiger partial charge in [0.1, 0.15) is 5.69 Å². The summed E-state index contributed by atoms with van der Waals surface area (Å²) in [7, 11) is 0. The molecule has 0 spiro atoms. The minimum Gasteiger partial charge on any atom is -0.350 e. The molecule has 1 aliphatic rings. The quantitative estimate of drug-likeness (QED) is 0.836. The van der Waals surface area contributed by atoms with Gasteiger partial charge in [-0.15, -0.1) is 0 Å². The second kappa shape index (κ2) is 7.24. The molecule has 0 saturated heterocycles. The highest BCUT2D eigenvalue weighted by Gasteiger charge is 2.27. The van der Waals surface area contributed by atoms with Crippen molar-refractivity contribution in [2.24, 2.45) is 11.1 Å². The number of carbonyl (C=O) groups excluding carboxylic acids is 1. The monoisotopic (exact) mass is 285 g/mol. The molecule has 0 bridgehead atoms. The van der Waals surface area contributed by atoms with Gasteiger partial charge >= 0.3 is 0 Å². The first-order valence-corrected chi connectivity index (χ1v) is 7.57. The highest BCUT2D eigenvalue weighted by atomic mass is 16.1. The number of amides is 1. The van der Waals surface area contributed by atoms with Gasteiger partial charge in [0, 0.05) is 12.7 Å². The van der Waals surface area contributed by atoms with Gasteiger partial charge in [-0.3, -0.25) is 4.79 Å². The maximum atomic E-state index is 12.3. The summed E-state index contributed by atoms with van der Waals surface area (Å²) in [5.41, 5.74) is 6.62. The van der Waals surface area contributed by atoms with E-state index in [0.717, 1.165) is 0 Å². The molecular formula is C17H23N3O. The first kappa shape index (κ1) is 15.5. The van der Waals surface area contributed by atoms with E-state index in [2.05, 4.69) is 29.1 Å². The molecule has 21 heavy (non-hydrogen) atoms. The molecule has 3 N–H and O–H groups in total. The van der Waals surface area contributed by atoms with E-state index in [0.29, 0.717) is 17.8 Å². The Morgan fingerprint density at radius 3 is 2.90 bits per heavy atom. The predicted molar refractivity (Wildman–Crippen MR) is 83.7 cm³/mol. The van der Waals surface area contributed by atoms with Gasteiger partial charge in [-0.05, 0) is 30.4 Å². The first-order chi connectivity index (χ1) is 10.1. The third kappa shape index (κ3) is 4.30. The van der Waals surface area contributed by atoms with Gasteiger partial charge in [-0.1, -0.05) is 38.0 Å². The summed E-state index contributed by atoms with van der Waals surface area (Å²) in [6, 6.07) is 3.58. The number of nitrogens with one attached hydrogen (secondary N) is 1. The molecule has 0 radical (unpaired) electrons. The molecule has 1 aromatic heterocycles. The predicted octanol–water partition coefficient (Wildman–Crippen LogP) is 2.09. The van der Waals surface area contributed by atoms with Crippen LogP contribution in [0.4, 0.5) is 0 Å². The zero-order chi connectivity index (χ0) is 15.1. The number of hydrogen-bond donors (Lipinski definition) is 2. The van der Waals surface area contributed by atoms with Crippen LogP contribution in [0.3, 0.4) is 0 Å². The van der Waals surface area contributed by atoms with Crippen LogP contribution in [0, 0.1) is 17.3 Å². The summed E-state index contributed by atoms with van der Waals surface area (Å²) in [6.45, 7) is 3.22. The van der Waals surface area contributed by atoms with Crippen molar-refractivity contribution in [3.8, 4) is 11.8 Å². The highest BCUT2D eigenvalue weighted by molar-refractivity contribution is 5.94. The second-order valence-electron chi connectivity index (χ2n) is 5.96.